The molecule has 1 aromatic carbocycles. The second-order valence-corrected chi connectivity index (χ2v) is 7.61. The molecule has 160 valence electrons. The van der Waals surface area contributed by atoms with Crippen molar-refractivity contribution in [3.63, 3.8) is 0 Å². The lowest BCUT2D eigenvalue weighted by Gasteiger charge is -2.26. The average molecular weight is 418 g/mol. The molecule has 0 bridgehead atoms. The van der Waals surface area contributed by atoms with E-state index in [0.29, 0.717) is 6.41 Å². The Morgan fingerprint density at radius 3 is 2.48 bits per heavy atom. The van der Waals surface area contributed by atoms with Crippen molar-refractivity contribution < 1.29 is 14.3 Å². The van der Waals surface area contributed by atoms with Crippen LogP contribution in [0.4, 0.5) is 11.5 Å². The molecular formula is C24H26N4O3. The highest BCUT2D eigenvalue weighted by Gasteiger charge is 2.18. The lowest BCUT2D eigenvalue weighted by molar-refractivity contribution is -0.105. The summed E-state index contributed by atoms with van der Waals surface area (Å²) in [6.07, 6.45) is 1.64. The van der Waals surface area contributed by atoms with Crippen LogP contribution in [0.5, 0.6) is 11.5 Å². The van der Waals surface area contributed by atoms with Gasteiger partial charge in [-0.05, 0) is 61.9 Å². The summed E-state index contributed by atoms with van der Waals surface area (Å²) in [7, 11) is 2.05. The smallest absolute Gasteiger partial charge is 0.211 e. The standard InChI is InChI=1S/C16H16N2O2.C8H10N2O/c1-18-7-9-20-15-5-3-13(17-16(15)18)11-2-4-14-12(10-11)6-8-19-14;1-6-3-8(9-5-11)4-7(2)10-6/h2-5,10H,6-9H2,1H3;3-5H,1-2H3,(H,9,10,11). The molecule has 3 aromatic rings. The molecule has 2 aliphatic heterocycles. The van der Waals surface area contributed by atoms with Gasteiger partial charge >= 0.3 is 0 Å². The highest BCUT2D eigenvalue weighted by Crippen LogP contribution is 2.34. The number of aromatic nitrogens is 2. The number of anilines is 2. The minimum Gasteiger partial charge on any atom is -0.493 e. The van der Waals surface area contributed by atoms with E-state index >= 15 is 0 Å². The van der Waals surface area contributed by atoms with Crippen LogP contribution in [-0.4, -0.2) is 43.2 Å². The number of fused-ring (bicyclic) bond motifs is 2. The zero-order valence-electron chi connectivity index (χ0n) is 18.0. The molecule has 0 spiro atoms. The first kappa shape index (κ1) is 20.7. The lowest BCUT2D eigenvalue weighted by Crippen LogP contribution is -2.29. The maximum absolute atomic E-state index is 10.1. The Bertz CT molecular complexity index is 1080. The van der Waals surface area contributed by atoms with Crippen LogP contribution in [0.2, 0.25) is 0 Å². The first-order valence-corrected chi connectivity index (χ1v) is 10.3. The van der Waals surface area contributed by atoms with Crippen molar-refractivity contribution in [3.05, 3.63) is 59.4 Å². The van der Waals surface area contributed by atoms with Crippen LogP contribution in [-0.2, 0) is 11.2 Å². The topological polar surface area (TPSA) is 76.6 Å². The first-order valence-electron chi connectivity index (χ1n) is 10.3. The Morgan fingerprint density at radius 1 is 0.968 bits per heavy atom. The van der Waals surface area contributed by atoms with Gasteiger partial charge in [0.05, 0.1) is 18.8 Å². The third-order valence-corrected chi connectivity index (χ3v) is 5.18. The van der Waals surface area contributed by atoms with Gasteiger partial charge in [-0.25, -0.2) is 4.98 Å². The van der Waals surface area contributed by atoms with E-state index in [0.717, 1.165) is 71.8 Å². The van der Waals surface area contributed by atoms with Gasteiger partial charge in [0.15, 0.2) is 11.6 Å². The van der Waals surface area contributed by atoms with Gasteiger partial charge in [-0.3, -0.25) is 9.78 Å². The van der Waals surface area contributed by atoms with Crippen molar-refractivity contribution >= 4 is 17.9 Å². The van der Waals surface area contributed by atoms with Crippen molar-refractivity contribution in [2.75, 3.05) is 37.0 Å². The molecule has 2 aromatic heterocycles. The molecule has 2 aliphatic rings. The monoisotopic (exact) mass is 418 g/mol. The first-order chi connectivity index (χ1) is 15.0. The third kappa shape index (κ3) is 4.77. The molecule has 0 aliphatic carbocycles. The maximum Gasteiger partial charge on any atom is 0.211 e. The maximum atomic E-state index is 10.1. The van der Waals surface area contributed by atoms with Crippen molar-refractivity contribution in [2.24, 2.45) is 0 Å². The number of carbonyl (C=O) groups excluding carboxylic acids is 1. The van der Waals surface area contributed by atoms with Crippen LogP contribution in [0, 0.1) is 13.8 Å². The van der Waals surface area contributed by atoms with Gasteiger partial charge < -0.3 is 19.7 Å². The number of likely N-dealkylation sites (N-methyl/N-ethyl adjacent to an activating group) is 1. The number of nitrogens with one attached hydrogen (secondary N) is 1. The Kier molecular flexibility index (Phi) is 6.02. The Hall–Kier alpha value is -3.61. The van der Waals surface area contributed by atoms with E-state index in [4.69, 9.17) is 14.5 Å². The molecule has 1 N–H and O–H groups in total. The summed E-state index contributed by atoms with van der Waals surface area (Å²) in [6.45, 7) is 6.17. The summed E-state index contributed by atoms with van der Waals surface area (Å²) in [4.78, 5) is 21.1. The summed E-state index contributed by atoms with van der Waals surface area (Å²) < 4.78 is 11.2. The van der Waals surface area contributed by atoms with E-state index < -0.39 is 0 Å². The van der Waals surface area contributed by atoms with Crippen molar-refractivity contribution in [2.45, 2.75) is 20.3 Å². The Morgan fingerprint density at radius 2 is 1.71 bits per heavy atom. The molecule has 0 unspecified atom stereocenters. The van der Waals surface area contributed by atoms with Crippen molar-refractivity contribution in [3.8, 4) is 22.8 Å². The van der Waals surface area contributed by atoms with Gasteiger partial charge in [0.1, 0.15) is 12.4 Å². The fourth-order valence-electron chi connectivity index (χ4n) is 3.71. The van der Waals surface area contributed by atoms with E-state index in [1.54, 1.807) is 0 Å². The Balaban J connectivity index is 0.000000180. The average Bonchev–Trinajstić information content (AvgIpc) is 3.22. The number of ether oxygens (including phenoxy) is 2. The summed E-state index contributed by atoms with van der Waals surface area (Å²) in [5.41, 5.74) is 6.01. The van der Waals surface area contributed by atoms with Crippen molar-refractivity contribution in [1.29, 1.82) is 0 Å². The molecule has 7 nitrogen and oxygen atoms in total. The predicted octanol–water partition coefficient (Wildman–Crippen LogP) is 3.78. The summed E-state index contributed by atoms with van der Waals surface area (Å²) in [6, 6.07) is 14.0. The molecule has 0 saturated heterocycles. The van der Waals surface area contributed by atoms with E-state index in [1.807, 2.05) is 44.2 Å². The fourth-order valence-corrected chi connectivity index (χ4v) is 3.71. The van der Waals surface area contributed by atoms with Gasteiger partial charge in [-0.15, -0.1) is 0 Å². The number of hydrogen-bond donors (Lipinski definition) is 1. The van der Waals surface area contributed by atoms with Crippen molar-refractivity contribution in [1.82, 2.24) is 9.97 Å². The molecule has 0 atom stereocenters. The number of carbonyl (C=O) groups is 1. The highest BCUT2D eigenvalue weighted by molar-refractivity contribution is 5.71. The quantitative estimate of drug-likeness (QED) is 0.653. The molecule has 0 radical (unpaired) electrons. The fraction of sp³-hybridized carbons (Fsp3) is 0.292. The number of amides is 1. The number of pyridine rings is 2. The number of hydrogen-bond acceptors (Lipinski definition) is 6. The predicted molar refractivity (Wildman–Crippen MR) is 121 cm³/mol. The Labute approximate surface area is 182 Å². The van der Waals surface area contributed by atoms with E-state index in [2.05, 4.69) is 34.4 Å². The molecule has 1 amide bonds. The van der Waals surface area contributed by atoms with Crippen LogP contribution < -0.4 is 19.7 Å². The summed E-state index contributed by atoms with van der Waals surface area (Å²) >= 11 is 0. The molecule has 7 heteroatoms. The van der Waals surface area contributed by atoms with E-state index in [-0.39, 0.29) is 0 Å². The van der Waals surface area contributed by atoms with Gasteiger partial charge in [0, 0.05) is 36.1 Å². The molecule has 0 fully saturated rings. The molecule has 4 heterocycles. The van der Waals surface area contributed by atoms with Gasteiger partial charge in [0.25, 0.3) is 0 Å². The number of aryl methyl sites for hydroxylation is 2. The van der Waals surface area contributed by atoms with Gasteiger partial charge in [-0.2, -0.15) is 0 Å². The normalized spacial score (nSPS) is 13.7. The second-order valence-electron chi connectivity index (χ2n) is 7.61. The minimum atomic E-state index is 0.661. The van der Waals surface area contributed by atoms with Gasteiger partial charge in [0.2, 0.25) is 6.41 Å². The molecular weight excluding hydrogens is 392 g/mol. The molecule has 31 heavy (non-hydrogen) atoms. The largest absolute Gasteiger partial charge is 0.493 e. The minimum absolute atomic E-state index is 0.661. The van der Waals surface area contributed by atoms with Crippen LogP contribution in [0.1, 0.15) is 17.0 Å². The number of benzene rings is 1. The zero-order valence-corrected chi connectivity index (χ0v) is 18.0. The third-order valence-electron chi connectivity index (χ3n) is 5.18. The number of nitrogens with zero attached hydrogens (tertiary/aromatic N) is 3. The molecule has 5 rings (SSSR count). The summed E-state index contributed by atoms with van der Waals surface area (Å²) in [5.74, 6) is 2.80. The van der Waals surface area contributed by atoms with Gasteiger partial charge in [-0.1, -0.05) is 0 Å². The van der Waals surface area contributed by atoms with Crippen LogP contribution in [0.15, 0.2) is 42.5 Å². The lowest BCUT2D eigenvalue weighted by atomic mass is 10.1. The SMILES string of the molecule is CN1CCOc2ccc(-c3ccc4c(c3)CCO4)nc21.Cc1cc(NC=O)cc(C)n1. The molecule has 0 saturated carbocycles. The summed E-state index contributed by atoms with van der Waals surface area (Å²) in [5, 5.41) is 2.57. The van der Waals surface area contributed by atoms with E-state index in [9.17, 15) is 4.79 Å². The van der Waals surface area contributed by atoms with E-state index in [1.165, 1.54) is 5.56 Å². The van der Waals surface area contributed by atoms with Crippen LogP contribution >= 0.6 is 0 Å². The van der Waals surface area contributed by atoms with Crippen LogP contribution in [0.25, 0.3) is 11.3 Å². The van der Waals surface area contributed by atoms with Crippen LogP contribution in [0.3, 0.4) is 0 Å². The number of rotatable bonds is 3. The second kappa shape index (κ2) is 9.04. The zero-order chi connectivity index (χ0) is 21.8. The highest BCUT2D eigenvalue weighted by atomic mass is 16.5.